The standard InChI is InChI=1S/C14H27N3O/c1-2-6-16-7-9-17(10-8-16)13(18)11-14(12-15)4-3-5-14/h2-12,15H2,1H3. The van der Waals surface area contributed by atoms with Gasteiger partial charge in [0.25, 0.3) is 0 Å². The lowest BCUT2D eigenvalue weighted by Gasteiger charge is -2.42. The van der Waals surface area contributed by atoms with E-state index in [1.807, 2.05) is 4.90 Å². The van der Waals surface area contributed by atoms with E-state index in [0.717, 1.165) is 45.6 Å². The van der Waals surface area contributed by atoms with Gasteiger partial charge in [-0.05, 0) is 37.8 Å². The zero-order chi connectivity index (χ0) is 13.0. The van der Waals surface area contributed by atoms with Crippen molar-refractivity contribution in [2.75, 3.05) is 39.3 Å². The molecule has 1 saturated carbocycles. The fraction of sp³-hybridized carbons (Fsp3) is 0.929. The van der Waals surface area contributed by atoms with E-state index in [2.05, 4.69) is 11.8 Å². The van der Waals surface area contributed by atoms with E-state index in [9.17, 15) is 4.79 Å². The van der Waals surface area contributed by atoms with Crippen molar-refractivity contribution in [3.05, 3.63) is 0 Å². The SMILES string of the molecule is CCCN1CCN(C(=O)CC2(CN)CCC2)CC1. The zero-order valence-corrected chi connectivity index (χ0v) is 11.7. The zero-order valence-electron chi connectivity index (χ0n) is 11.7. The first-order valence-corrected chi connectivity index (χ1v) is 7.39. The molecule has 1 aliphatic carbocycles. The van der Waals surface area contributed by atoms with Crippen molar-refractivity contribution in [2.24, 2.45) is 11.1 Å². The van der Waals surface area contributed by atoms with Gasteiger partial charge in [-0.15, -0.1) is 0 Å². The van der Waals surface area contributed by atoms with Crippen molar-refractivity contribution >= 4 is 5.91 Å². The summed E-state index contributed by atoms with van der Waals surface area (Å²) in [5, 5.41) is 0. The molecule has 0 bridgehead atoms. The van der Waals surface area contributed by atoms with Crippen molar-refractivity contribution in [2.45, 2.75) is 39.0 Å². The highest BCUT2D eigenvalue weighted by Crippen LogP contribution is 2.43. The van der Waals surface area contributed by atoms with Crippen LogP contribution in [0.25, 0.3) is 0 Å². The molecule has 4 nitrogen and oxygen atoms in total. The number of carbonyl (C=O) groups is 1. The van der Waals surface area contributed by atoms with E-state index in [-0.39, 0.29) is 5.41 Å². The molecular weight excluding hydrogens is 226 g/mol. The third-order valence-electron chi connectivity index (χ3n) is 4.64. The summed E-state index contributed by atoms with van der Waals surface area (Å²) in [5.41, 5.74) is 5.98. The molecule has 1 amide bonds. The predicted octanol–water partition coefficient (Wildman–Crippen LogP) is 1.06. The number of hydrogen-bond donors (Lipinski definition) is 1. The summed E-state index contributed by atoms with van der Waals surface area (Å²) in [5.74, 6) is 0.330. The van der Waals surface area contributed by atoms with Crippen LogP contribution in [0.4, 0.5) is 0 Å². The highest BCUT2D eigenvalue weighted by atomic mass is 16.2. The monoisotopic (exact) mass is 253 g/mol. The Morgan fingerprint density at radius 2 is 1.89 bits per heavy atom. The van der Waals surface area contributed by atoms with Crippen molar-refractivity contribution in [3.63, 3.8) is 0 Å². The summed E-state index contributed by atoms with van der Waals surface area (Å²) >= 11 is 0. The Hall–Kier alpha value is -0.610. The first kappa shape index (κ1) is 13.8. The quantitative estimate of drug-likeness (QED) is 0.797. The Labute approximate surface area is 110 Å². The van der Waals surface area contributed by atoms with Crippen LogP contribution in [-0.2, 0) is 4.79 Å². The highest BCUT2D eigenvalue weighted by Gasteiger charge is 2.38. The smallest absolute Gasteiger partial charge is 0.223 e. The van der Waals surface area contributed by atoms with Crippen molar-refractivity contribution < 1.29 is 4.79 Å². The predicted molar refractivity (Wildman–Crippen MR) is 73.3 cm³/mol. The number of nitrogens with two attached hydrogens (primary N) is 1. The van der Waals surface area contributed by atoms with Crippen molar-refractivity contribution in [3.8, 4) is 0 Å². The molecule has 0 spiro atoms. The Bertz CT molecular complexity index is 275. The van der Waals surface area contributed by atoms with E-state index in [0.29, 0.717) is 18.9 Å². The van der Waals surface area contributed by atoms with Gasteiger partial charge in [-0.25, -0.2) is 0 Å². The van der Waals surface area contributed by atoms with Crippen LogP contribution >= 0.6 is 0 Å². The topological polar surface area (TPSA) is 49.6 Å². The molecule has 1 saturated heterocycles. The van der Waals surface area contributed by atoms with Crippen LogP contribution < -0.4 is 5.73 Å². The lowest BCUT2D eigenvalue weighted by Crippen LogP contribution is -2.51. The van der Waals surface area contributed by atoms with Gasteiger partial charge in [0.05, 0.1) is 0 Å². The summed E-state index contributed by atoms with van der Waals surface area (Å²) < 4.78 is 0. The maximum absolute atomic E-state index is 12.3. The molecule has 0 aromatic carbocycles. The molecule has 2 aliphatic rings. The fourth-order valence-electron chi connectivity index (χ4n) is 3.10. The van der Waals surface area contributed by atoms with Gasteiger partial charge >= 0.3 is 0 Å². The van der Waals surface area contributed by atoms with Gasteiger partial charge in [0, 0.05) is 32.6 Å². The second-order valence-electron chi connectivity index (χ2n) is 5.96. The molecule has 2 rings (SSSR count). The number of hydrogen-bond acceptors (Lipinski definition) is 3. The Kier molecular flexibility index (Phi) is 4.62. The van der Waals surface area contributed by atoms with Crippen LogP contribution in [0.1, 0.15) is 39.0 Å². The summed E-state index contributed by atoms with van der Waals surface area (Å²) in [6, 6.07) is 0. The van der Waals surface area contributed by atoms with E-state index in [4.69, 9.17) is 5.73 Å². The van der Waals surface area contributed by atoms with Crippen LogP contribution in [0.15, 0.2) is 0 Å². The molecule has 4 heteroatoms. The van der Waals surface area contributed by atoms with Crippen LogP contribution in [0.5, 0.6) is 0 Å². The number of nitrogens with zero attached hydrogens (tertiary/aromatic N) is 2. The molecule has 1 heterocycles. The maximum Gasteiger partial charge on any atom is 0.223 e. The van der Waals surface area contributed by atoms with Gasteiger partial charge < -0.3 is 10.6 Å². The van der Waals surface area contributed by atoms with Crippen LogP contribution in [0.2, 0.25) is 0 Å². The average Bonchev–Trinajstić information content (AvgIpc) is 2.35. The summed E-state index contributed by atoms with van der Waals surface area (Å²) in [6.45, 7) is 7.92. The molecule has 18 heavy (non-hydrogen) atoms. The Morgan fingerprint density at radius 3 is 2.33 bits per heavy atom. The number of piperazine rings is 1. The van der Waals surface area contributed by atoms with Gasteiger partial charge in [-0.1, -0.05) is 13.3 Å². The molecule has 0 aromatic rings. The van der Waals surface area contributed by atoms with Gasteiger partial charge in [-0.2, -0.15) is 0 Å². The summed E-state index contributed by atoms with van der Waals surface area (Å²) in [7, 11) is 0. The molecule has 0 atom stereocenters. The van der Waals surface area contributed by atoms with Crippen molar-refractivity contribution in [1.82, 2.24) is 9.80 Å². The third-order valence-corrected chi connectivity index (χ3v) is 4.64. The van der Waals surface area contributed by atoms with Gasteiger partial charge in [-0.3, -0.25) is 9.69 Å². The second kappa shape index (κ2) is 6.02. The number of rotatable bonds is 5. The highest BCUT2D eigenvalue weighted by molar-refractivity contribution is 5.77. The van der Waals surface area contributed by atoms with E-state index in [1.54, 1.807) is 0 Å². The van der Waals surface area contributed by atoms with E-state index in [1.165, 1.54) is 12.8 Å². The molecule has 0 unspecified atom stereocenters. The second-order valence-corrected chi connectivity index (χ2v) is 5.96. The van der Waals surface area contributed by atoms with Crippen LogP contribution in [-0.4, -0.2) is 55.0 Å². The summed E-state index contributed by atoms with van der Waals surface area (Å²) in [6.07, 6.45) is 5.41. The summed E-state index contributed by atoms with van der Waals surface area (Å²) in [4.78, 5) is 16.8. The molecule has 2 N–H and O–H groups in total. The van der Waals surface area contributed by atoms with E-state index < -0.39 is 0 Å². The molecule has 1 aliphatic heterocycles. The van der Waals surface area contributed by atoms with Crippen LogP contribution in [0, 0.1) is 5.41 Å². The number of carbonyl (C=O) groups excluding carboxylic acids is 1. The van der Waals surface area contributed by atoms with Gasteiger partial charge in [0.2, 0.25) is 5.91 Å². The molecule has 0 aromatic heterocycles. The average molecular weight is 253 g/mol. The fourth-order valence-corrected chi connectivity index (χ4v) is 3.10. The minimum Gasteiger partial charge on any atom is -0.340 e. The third kappa shape index (κ3) is 3.04. The Morgan fingerprint density at radius 1 is 1.22 bits per heavy atom. The minimum absolute atomic E-state index is 0.150. The molecule has 104 valence electrons. The minimum atomic E-state index is 0.150. The first-order chi connectivity index (χ1) is 8.69. The van der Waals surface area contributed by atoms with Gasteiger partial charge in [0.1, 0.15) is 0 Å². The molecule has 0 radical (unpaired) electrons. The normalized spacial score (nSPS) is 23.8. The Balaban J connectivity index is 1.77. The van der Waals surface area contributed by atoms with Crippen LogP contribution in [0.3, 0.4) is 0 Å². The lowest BCUT2D eigenvalue weighted by molar-refractivity contribution is -0.136. The largest absolute Gasteiger partial charge is 0.340 e. The number of amides is 1. The maximum atomic E-state index is 12.3. The van der Waals surface area contributed by atoms with Gasteiger partial charge in [0.15, 0.2) is 0 Å². The molecule has 2 fully saturated rings. The first-order valence-electron chi connectivity index (χ1n) is 7.39. The van der Waals surface area contributed by atoms with Crippen molar-refractivity contribution in [1.29, 1.82) is 0 Å². The lowest BCUT2D eigenvalue weighted by atomic mass is 9.66. The molecular formula is C14H27N3O. The van der Waals surface area contributed by atoms with E-state index >= 15 is 0 Å².